The van der Waals surface area contributed by atoms with Gasteiger partial charge in [-0.15, -0.1) is 0 Å². The van der Waals surface area contributed by atoms with Crippen LogP contribution in [0.3, 0.4) is 0 Å². The van der Waals surface area contributed by atoms with E-state index in [0.717, 1.165) is 28.2 Å². The molecular weight excluding hydrogens is 374 g/mol. The molecule has 6 nitrogen and oxygen atoms in total. The molecule has 1 amide bonds. The lowest BCUT2D eigenvalue weighted by atomic mass is 10.1. The summed E-state index contributed by atoms with van der Waals surface area (Å²) in [5.41, 5.74) is 2.78. The van der Waals surface area contributed by atoms with E-state index >= 15 is 0 Å². The van der Waals surface area contributed by atoms with Crippen LogP contribution in [0.2, 0.25) is 0 Å². The highest BCUT2D eigenvalue weighted by Gasteiger charge is 2.17. The monoisotopic (exact) mass is 399 g/mol. The van der Waals surface area contributed by atoms with Crippen LogP contribution in [0.25, 0.3) is 11.0 Å². The largest absolute Gasteiger partial charge is 0.497 e. The number of amides is 1. The van der Waals surface area contributed by atoms with E-state index in [1.807, 2.05) is 60.2 Å². The first kappa shape index (κ1) is 20.1. The molecule has 0 fully saturated rings. The summed E-state index contributed by atoms with van der Waals surface area (Å²) in [7, 11) is 3.22. The van der Waals surface area contributed by atoms with E-state index in [1.165, 1.54) is 0 Å². The zero-order valence-electron chi connectivity index (χ0n) is 16.6. The lowest BCUT2D eigenvalue weighted by Crippen LogP contribution is -2.30. The first-order valence-electron chi connectivity index (χ1n) is 9.01. The Morgan fingerprint density at radius 1 is 1.21 bits per heavy atom. The van der Waals surface area contributed by atoms with Gasteiger partial charge in [0, 0.05) is 11.6 Å². The number of rotatable bonds is 8. The molecule has 0 aliphatic rings. The van der Waals surface area contributed by atoms with Gasteiger partial charge in [0.25, 0.3) is 0 Å². The molecule has 0 radical (unpaired) electrons. The van der Waals surface area contributed by atoms with Gasteiger partial charge in [-0.05, 0) is 37.4 Å². The van der Waals surface area contributed by atoms with Crippen LogP contribution in [0.5, 0.6) is 11.5 Å². The minimum atomic E-state index is -0.202. The highest BCUT2D eigenvalue weighted by molar-refractivity contribution is 7.97. The fourth-order valence-corrected chi connectivity index (χ4v) is 3.70. The first-order valence-corrected chi connectivity index (χ1v) is 10.4. The van der Waals surface area contributed by atoms with Gasteiger partial charge in [0.1, 0.15) is 23.9 Å². The predicted molar refractivity (Wildman–Crippen MR) is 113 cm³/mol. The number of ether oxygens (including phenoxy) is 2. The third-order valence-corrected chi connectivity index (χ3v) is 5.14. The molecule has 0 spiro atoms. The number of thioether (sulfide) groups is 1. The van der Waals surface area contributed by atoms with Crippen LogP contribution < -0.4 is 14.8 Å². The third-order valence-electron chi connectivity index (χ3n) is 4.59. The van der Waals surface area contributed by atoms with E-state index in [4.69, 9.17) is 9.47 Å². The summed E-state index contributed by atoms with van der Waals surface area (Å²) < 4.78 is 12.7. The molecule has 0 aliphatic carbocycles. The van der Waals surface area contributed by atoms with Crippen molar-refractivity contribution in [1.82, 2.24) is 14.9 Å². The Labute approximate surface area is 169 Å². The highest BCUT2D eigenvalue weighted by atomic mass is 32.2. The number of hydrogen-bond acceptors (Lipinski definition) is 5. The minimum absolute atomic E-state index is 0.0733. The smallest absolute Gasteiger partial charge is 0.240 e. The Morgan fingerprint density at radius 2 is 2.00 bits per heavy atom. The van der Waals surface area contributed by atoms with Crippen LogP contribution in [0.15, 0.2) is 42.5 Å². The average Bonchev–Trinajstić information content (AvgIpc) is 3.04. The van der Waals surface area contributed by atoms with Crippen molar-refractivity contribution in [3.05, 3.63) is 53.9 Å². The van der Waals surface area contributed by atoms with Crippen molar-refractivity contribution in [2.75, 3.05) is 20.5 Å². The van der Waals surface area contributed by atoms with Crippen molar-refractivity contribution in [2.24, 2.45) is 0 Å². The number of para-hydroxylation sites is 2. The van der Waals surface area contributed by atoms with Crippen LogP contribution in [0.4, 0.5) is 0 Å². The van der Waals surface area contributed by atoms with Gasteiger partial charge in [-0.25, -0.2) is 4.98 Å². The topological polar surface area (TPSA) is 65.4 Å². The van der Waals surface area contributed by atoms with E-state index in [9.17, 15) is 4.79 Å². The van der Waals surface area contributed by atoms with Crippen LogP contribution in [0, 0.1) is 0 Å². The molecule has 3 aromatic rings. The second kappa shape index (κ2) is 9.01. The third kappa shape index (κ3) is 4.25. The number of imidazole rings is 1. The molecule has 1 atom stereocenters. The zero-order chi connectivity index (χ0) is 20.1. The molecule has 0 bridgehead atoms. The molecule has 0 saturated carbocycles. The summed E-state index contributed by atoms with van der Waals surface area (Å²) >= 11 is 1.69. The van der Waals surface area contributed by atoms with Crippen molar-refractivity contribution in [3.63, 3.8) is 0 Å². The van der Waals surface area contributed by atoms with Crippen molar-refractivity contribution < 1.29 is 14.3 Å². The fourth-order valence-electron chi connectivity index (χ4n) is 3.23. The fraction of sp³-hybridized carbons (Fsp3) is 0.333. The highest BCUT2D eigenvalue weighted by Crippen LogP contribution is 2.29. The Hall–Kier alpha value is -2.67. The Bertz CT molecular complexity index is 971. The van der Waals surface area contributed by atoms with Gasteiger partial charge >= 0.3 is 0 Å². The molecule has 7 heteroatoms. The molecule has 1 unspecified atom stereocenters. The van der Waals surface area contributed by atoms with Crippen LogP contribution in [-0.2, 0) is 17.1 Å². The predicted octanol–water partition coefficient (Wildman–Crippen LogP) is 3.79. The van der Waals surface area contributed by atoms with Crippen LogP contribution >= 0.6 is 11.8 Å². The zero-order valence-corrected chi connectivity index (χ0v) is 17.4. The summed E-state index contributed by atoms with van der Waals surface area (Å²) in [6.45, 7) is 2.16. The van der Waals surface area contributed by atoms with Gasteiger partial charge in [0.2, 0.25) is 5.91 Å². The van der Waals surface area contributed by atoms with Crippen molar-refractivity contribution in [2.45, 2.75) is 25.3 Å². The van der Waals surface area contributed by atoms with E-state index in [2.05, 4.69) is 10.3 Å². The Kier molecular flexibility index (Phi) is 6.46. The van der Waals surface area contributed by atoms with E-state index < -0.39 is 0 Å². The lowest BCUT2D eigenvalue weighted by Gasteiger charge is -2.18. The molecule has 1 aromatic heterocycles. The van der Waals surface area contributed by atoms with Gasteiger partial charge in [-0.3, -0.25) is 4.79 Å². The maximum Gasteiger partial charge on any atom is 0.240 e. The molecule has 28 heavy (non-hydrogen) atoms. The summed E-state index contributed by atoms with van der Waals surface area (Å²) in [5, 5.41) is 3.07. The second-order valence-electron chi connectivity index (χ2n) is 6.43. The molecular formula is C21H25N3O3S. The molecule has 0 saturated heterocycles. The number of carbonyl (C=O) groups excluding carboxylic acids is 1. The van der Waals surface area contributed by atoms with E-state index in [-0.39, 0.29) is 18.5 Å². The van der Waals surface area contributed by atoms with E-state index in [0.29, 0.717) is 11.5 Å². The molecule has 1 heterocycles. The summed E-state index contributed by atoms with van der Waals surface area (Å²) in [6.07, 6.45) is 2.03. The molecule has 148 valence electrons. The SMILES string of the molecule is COc1ccc(C(C)NC(=O)Cn2c(CSC)nc3ccccc32)c(OC)c1. The number of fused-ring (bicyclic) bond motifs is 1. The quantitative estimate of drug-likeness (QED) is 0.624. The second-order valence-corrected chi connectivity index (χ2v) is 7.30. The maximum atomic E-state index is 12.8. The van der Waals surface area contributed by atoms with Crippen molar-refractivity contribution >= 4 is 28.7 Å². The number of carbonyl (C=O) groups is 1. The van der Waals surface area contributed by atoms with Gasteiger partial charge in [-0.1, -0.05) is 12.1 Å². The minimum Gasteiger partial charge on any atom is -0.497 e. The number of benzene rings is 2. The standard InChI is InChI=1S/C21H25N3O3S/c1-14(16-10-9-15(26-2)11-19(16)27-3)22-21(25)12-24-18-8-6-5-7-17(18)23-20(24)13-28-4/h5-11,14H,12-13H2,1-4H3,(H,22,25). The van der Waals surface area contributed by atoms with Crippen LogP contribution in [-0.4, -0.2) is 35.9 Å². The average molecular weight is 400 g/mol. The molecule has 0 aliphatic heterocycles. The van der Waals surface area contributed by atoms with Crippen molar-refractivity contribution in [3.8, 4) is 11.5 Å². The number of hydrogen-bond donors (Lipinski definition) is 1. The number of nitrogens with one attached hydrogen (secondary N) is 1. The Balaban J connectivity index is 1.79. The van der Waals surface area contributed by atoms with Gasteiger partial charge in [0.05, 0.1) is 37.0 Å². The van der Waals surface area contributed by atoms with E-state index in [1.54, 1.807) is 26.0 Å². The summed E-state index contributed by atoms with van der Waals surface area (Å²) in [6, 6.07) is 13.3. The van der Waals surface area contributed by atoms with Gasteiger partial charge in [-0.2, -0.15) is 11.8 Å². The van der Waals surface area contributed by atoms with Gasteiger partial charge in [0.15, 0.2) is 0 Å². The van der Waals surface area contributed by atoms with Crippen LogP contribution in [0.1, 0.15) is 24.4 Å². The molecule has 1 N–H and O–H groups in total. The summed E-state index contributed by atoms with van der Waals surface area (Å²) in [5.74, 6) is 2.98. The maximum absolute atomic E-state index is 12.8. The number of aromatic nitrogens is 2. The lowest BCUT2D eigenvalue weighted by molar-refractivity contribution is -0.122. The number of nitrogens with zero attached hydrogens (tertiary/aromatic N) is 2. The first-order chi connectivity index (χ1) is 13.6. The number of methoxy groups -OCH3 is 2. The molecule has 2 aromatic carbocycles. The molecule has 3 rings (SSSR count). The Morgan fingerprint density at radius 3 is 2.71 bits per heavy atom. The van der Waals surface area contributed by atoms with Gasteiger partial charge < -0.3 is 19.4 Å². The normalized spacial score (nSPS) is 12.0. The van der Waals surface area contributed by atoms with Crippen molar-refractivity contribution in [1.29, 1.82) is 0 Å². The summed E-state index contributed by atoms with van der Waals surface area (Å²) in [4.78, 5) is 17.5.